The quantitative estimate of drug-likeness (QED) is 0.349. The number of hydrogen-bond donors (Lipinski definition) is 3. The molecule has 0 atom stereocenters. The summed E-state index contributed by atoms with van der Waals surface area (Å²) in [5.74, 6) is 0.931. The van der Waals surface area contributed by atoms with Crippen molar-refractivity contribution in [3.05, 3.63) is 29.3 Å². The van der Waals surface area contributed by atoms with Crippen LogP contribution in [0.3, 0.4) is 0 Å². The fourth-order valence-electron chi connectivity index (χ4n) is 2.72. The van der Waals surface area contributed by atoms with Gasteiger partial charge in [0.05, 0.1) is 6.61 Å². The van der Waals surface area contributed by atoms with Crippen LogP contribution in [0.5, 0.6) is 5.75 Å². The fraction of sp³-hybridized carbons (Fsp3) is 0.647. The highest BCUT2D eigenvalue weighted by molar-refractivity contribution is 7.79. The second-order valence-electron chi connectivity index (χ2n) is 5.87. The zero-order valence-corrected chi connectivity index (χ0v) is 15.8. The van der Waals surface area contributed by atoms with Gasteiger partial charge in [-0.25, -0.2) is 0 Å². The van der Waals surface area contributed by atoms with Crippen LogP contribution in [0.4, 0.5) is 0 Å². The molecule has 0 saturated heterocycles. The van der Waals surface area contributed by atoms with Crippen LogP contribution in [0, 0.1) is 0 Å². The molecule has 0 saturated carbocycles. The highest BCUT2D eigenvalue weighted by Gasteiger charge is 2.13. The summed E-state index contributed by atoms with van der Waals surface area (Å²) in [7, 11) is -4.67. The minimum Gasteiger partial charge on any atom is -0.344 e. The lowest BCUT2D eigenvalue weighted by Gasteiger charge is -2.09. The van der Waals surface area contributed by atoms with Crippen LogP contribution in [-0.2, 0) is 28.1 Å². The third kappa shape index (κ3) is 11.9. The molecule has 0 unspecified atom stereocenters. The summed E-state index contributed by atoms with van der Waals surface area (Å²) in [6.07, 6.45) is 11.6. The summed E-state index contributed by atoms with van der Waals surface area (Å²) < 4.78 is 31.6. The van der Waals surface area contributed by atoms with Crippen molar-refractivity contribution in [3.63, 3.8) is 0 Å². The number of unbranched alkanes of at least 4 members (excludes halogenated alkanes) is 6. The zero-order valence-electron chi connectivity index (χ0n) is 14.9. The minimum absolute atomic E-state index is 0. The average Bonchev–Trinajstić information content (AvgIpc) is 2.60. The second-order valence-corrected chi connectivity index (χ2v) is 6.76. The predicted molar refractivity (Wildman–Crippen MR) is 97.6 cm³/mol. The molecule has 5 N–H and O–H groups in total. The van der Waals surface area contributed by atoms with Crippen LogP contribution in [-0.4, -0.2) is 24.1 Å². The van der Waals surface area contributed by atoms with Crippen molar-refractivity contribution in [2.75, 3.05) is 6.61 Å². The smallest absolute Gasteiger partial charge is 0.344 e. The highest BCUT2D eigenvalue weighted by Crippen LogP contribution is 2.27. The van der Waals surface area contributed by atoms with E-state index < -0.39 is 10.4 Å². The van der Waals surface area contributed by atoms with E-state index >= 15 is 0 Å². The van der Waals surface area contributed by atoms with Crippen molar-refractivity contribution in [1.82, 2.24) is 6.15 Å². The number of rotatable bonds is 8. The largest absolute Gasteiger partial charge is 0.394 e. The van der Waals surface area contributed by atoms with Gasteiger partial charge in [0.25, 0.3) is 0 Å². The molecule has 146 valence electrons. The lowest BCUT2D eigenvalue weighted by molar-refractivity contribution is -0.203. The lowest BCUT2D eigenvalue weighted by Crippen LogP contribution is -1.96. The summed E-state index contributed by atoms with van der Waals surface area (Å²) in [5.41, 5.74) is 2.77. The van der Waals surface area contributed by atoms with Gasteiger partial charge in [-0.3, -0.25) is 9.11 Å². The maximum atomic E-state index is 8.74. The summed E-state index contributed by atoms with van der Waals surface area (Å²) in [4.78, 5) is 10.5. The molecule has 0 aliphatic carbocycles. The summed E-state index contributed by atoms with van der Waals surface area (Å²) in [6, 6.07) is 6.29. The van der Waals surface area contributed by atoms with Gasteiger partial charge in [-0.15, -0.1) is 0 Å². The molecular weight excluding hydrogens is 346 g/mol. The molecule has 0 fully saturated rings. The molecule has 7 nitrogen and oxygen atoms in total. The Bertz CT molecular complexity index is 544. The van der Waals surface area contributed by atoms with Crippen LogP contribution in [0.25, 0.3) is 0 Å². The van der Waals surface area contributed by atoms with Gasteiger partial charge in [0.2, 0.25) is 0 Å². The Hall–Kier alpha value is -1.19. The van der Waals surface area contributed by atoms with Gasteiger partial charge < -0.3 is 11.0 Å². The Morgan fingerprint density at radius 3 is 2.28 bits per heavy atom. The maximum absolute atomic E-state index is 8.74. The molecular formula is C17H31NO6S. The van der Waals surface area contributed by atoms with E-state index in [2.05, 4.69) is 19.1 Å². The molecule has 1 heterocycles. The van der Waals surface area contributed by atoms with Gasteiger partial charge in [-0.05, 0) is 24.5 Å². The van der Waals surface area contributed by atoms with Crippen LogP contribution in [0.1, 0.15) is 63.0 Å². The Morgan fingerprint density at radius 2 is 1.64 bits per heavy atom. The minimum atomic E-state index is -4.67. The SMILES string of the molecule is CCCCCCCCCc1c2cccc1OOCC2.N.O=S(=O)(O)O. The van der Waals surface area contributed by atoms with Crippen LogP contribution in [0.2, 0.25) is 0 Å². The van der Waals surface area contributed by atoms with E-state index in [0.717, 1.165) is 18.6 Å². The van der Waals surface area contributed by atoms with Crippen LogP contribution >= 0.6 is 0 Å². The Balaban J connectivity index is 0.000000848. The van der Waals surface area contributed by atoms with Crippen molar-refractivity contribution in [2.24, 2.45) is 0 Å². The first kappa shape index (κ1) is 23.8. The van der Waals surface area contributed by atoms with Crippen molar-refractivity contribution < 1.29 is 27.3 Å². The topological polar surface area (TPSA) is 128 Å². The first-order valence-electron chi connectivity index (χ1n) is 8.52. The third-order valence-corrected chi connectivity index (χ3v) is 3.86. The molecule has 8 heteroatoms. The first-order chi connectivity index (χ1) is 11.4. The Kier molecular flexibility index (Phi) is 12.5. The molecule has 1 aromatic rings. The molecule has 1 aromatic carbocycles. The molecule has 0 radical (unpaired) electrons. The van der Waals surface area contributed by atoms with Gasteiger partial charge in [-0.1, -0.05) is 57.6 Å². The zero-order chi connectivity index (χ0) is 17.8. The highest BCUT2D eigenvalue weighted by atomic mass is 32.3. The fourth-order valence-corrected chi connectivity index (χ4v) is 2.72. The van der Waals surface area contributed by atoms with Gasteiger partial charge in [0.15, 0.2) is 5.75 Å². The van der Waals surface area contributed by atoms with Gasteiger partial charge in [0.1, 0.15) is 0 Å². The molecule has 1 aliphatic heterocycles. The van der Waals surface area contributed by atoms with Crippen LogP contribution in [0.15, 0.2) is 18.2 Å². The molecule has 25 heavy (non-hydrogen) atoms. The van der Waals surface area contributed by atoms with E-state index in [9.17, 15) is 0 Å². The standard InChI is InChI=1S/C17H26O2.H3N.H2O4S/c1-2-3-4-5-6-7-8-11-16-15-10-9-12-17(16)19-18-14-13-15;;1-5(2,3)4/h9-10,12H,2-8,11,13-14H2,1H3;1H3;(H2,1,2,3,4). The maximum Gasteiger partial charge on any atom is 0.394 e. The molecule has 0 amide bonds. The molecule has 0 spiro atoms. The van der Waals surface area contributed by atoms with E-state index in [1.807, 2.05) is 6.07 Å². The van der Waals surface area contributed by atoms with Crippen molar-refractivity contribution in [3.8, 4) is 5.75 Å². The van der Waals surface area contributed by atoms with Crippen molar-refractivity contribution >= 4 is 10.4 Å². The predicted octanol–water partition coefficient (Wildman–Crippen LogP) is 4.36. The van der Waals surface area contributed by atoms with E-state index in [-0.39, 0.29) is 6.15 Å². The van der Waals surface area contributed by atoms with E-state index in [4.69, 9.17) is 27.3 Å². The average molecular weight is 378 g/mol. The normalized spacial score (nSPS) is 12.9. The Labute approximate surface area is 150 Å². The number of benzene rings is 1. The van der Waals surface area contributed by atoms with Gasteiger partial charge in [0, 0.05) is 12.0 Å². The Morgan fingerprint density at radius 1 is 1.04 bits per heavy atom. The van der Waals surface area contributed by atoms with Crippen LogP contribution < -0.4 is 11.0 Å². The molecule has 1 aliphatic rings. The van der Waals surface area contributed by atoms with Gasteiger partial charge >= 0.3 is 10.4 Å². The van der Waals surface area contributed by atoms with E-state index in [1.165, 1.54) is 56.1 Å². The first-order valence-corrected chi connectivity index (χ1v) is 9.91. The monoisotopic (exact) mass is 377 g/mol. The van der Waals surface area contributed by atoms with E-state index in [0.29, 0.717) is 6.61 Å². The molecule has 0 aromatic heterocycles. The summed E-state index contributed by atoms with van der Waals surface area (Å²) >= 11 is 0. The second kappa shape index (κ2) is 13.1. The number of fused-ring (bicyclic) bond motifs is 2. The van der Waals surface area contributed by atoms with Crippen molar-refractivity contribution in [1.29, 1.82) is 0 Å². The molecule has 2 rings (SSSR count). The summed E-state index contributed by atoms with van der Waals surface area (Å²) in [5, 5.41) is 0. The van der Waals surface area contributed by atoms with E-state index in [1.54, 1.807) is 0 Å². The lowest BCUT2D eigenvalue weighted by atomic mass is 9.98. The molecule has 2 bridgehead atoms. The number of hydrogen-bond acceptors (Lipinski definition) is 5. The third-order valence-electron chi connectivity index (χ3n) is 3.86. The van der Waals surface area contributed by atoms with Gasteiger partial charge in [-0.2, -0.15) is 13.3 Å². The van der Waals surface area contributed by atoms with Crippen molar-refractivity contribution in [2.45, 2.75) is 64.7 Å². The summed E-state index contributed by atoms with van der Waals surface area (Å²) in [6.45, 7) is 2.93.